The second-order valence-electron chi connectivity index (χ2n) is 9.72. The van der Waals surface area contributed by atoms with Gasteiger partial charge in [0.1, 0.15) is 11.7 Å². The second-order valence-corrected chi connectivity index (χ2v) is 9.72. The monoisotopic (exact) mass is 477 g/mol. The molecule has 36 heavy (non-hydrogen) atoms. The van der Waals surface area contributed by atoms with Crippen molar-refractivity contribution < 1.29 is 13.9 Å². The molecule has 0 saturated carbocycles. The van der Waals surface area contributed by atoms with Gasteiger partial charge in [-0.2, -0.15) is 9.13 Å². The number of pyridine rings is 2. The zero-order valence-electron chi connectivity index (χ0n) is 21.8. The first-order valence-electron chi connectivity index (χ1n) is 12.8. The Hall–Kier alpha value is -3.79. The maximum atomic E-state index is 6.09. The summed E-state index contributed by atoms with van der Waals surface area (Å²) in [6, 6.07) is 20.0. The summed E-state index contributed by atoms with van der Waals surface area (Å²) in [4.78, 5) is 4.21. The molecule has 4 nitrogen and oxygen atoms in total. The van der Waals surface area contributed by atoms with Gasteiger partial charge in [-0.3, -0.25) is 4.99 Å². The Morgan fingerprint density at radius 1 is 1.08 bits per heavy atom. The van der Waals surface area contributed by atoms with E-state index < -0.39 is 0 Å². The molecule has 5 rings (SSSR count). The highest BCUT2D eigenvalue weighted by molar-refractivity contribution is 5.82. The van der Waals surface area contributed by atoms with Crippen LogP contribution in [-0.2, 0) is 11.2 Å². The van der Waals surface area contributed by atoms with Crippen LogP contribution in [0, 0.1) is 0 Å². The van der Waals surface area contributed by atoms with Crippen molar-refractivity contribution in [2.75, 3.05) is 7.05 Å². The maximum absolute atomic E-state index is 6.09. The SMILES string of the molecule is C=C(OC(C)=NC)/C1=C(\C)CCC2C(C(=C)[n+]3ccc(CC)cc31)c1ccccc1-c1cccc[n+]12. The van der Waals surface area contributed by atoms with E-state index in [1.807, 2.05) is 6.92 Å². The Bertz CT molecular complexity index is 1430. The van der Waals surface area contributed by atoms with E-state index >= 15 is 0 Å². The number of ether oxygens (including phenoxy) is 1. The lowest BCUT2D eigenvalue weighted by Crippen LogP contribution is -2.50. The molecule has 0 spiro atoms. The van der Waals surface area contributed by atoms with Gasteiger partial charge in [-0.05, 0) is 49.6 Å². The average Bonchev–Trinajstić information content (AvgIpc) is 2.95. The zero-order chi connectivity index (χ0) is 25.4. The number of rotatable bonds is 3. The summed E-state index contributed by atoms with van der Waals surface area (Å²) in [6.45, 7) is 15.4. The quantitative estimate of drug-likeness (QED) is 0.185. The van der Waals surface area contributed by atoms with Crippen molar-refractivity contribution in [3.8, 4) is 11.3 Å². The fourth-order valence-electron chi connectivity index (χ4n) is 5.77. The van der Waals surface area contributed by atoms with Crippen LogP contribution >= 0.6 is 0 Å². The Kier molecular flexibility index (Phi) is 6.44. The third-order valence-corrected chi connectivity index (χ3v) is 7.66. The topological polar surface area (TPSA) is 29.3 Å². The summed E-state index contributed by atoms with van der Waals surface area (Å²) in [6.07, 6.45) is 7.26. The van der Waals surface area contributed by atoms with Crippen molar-refractivity contribution in [3.63, 3.8) is 0 Å². The van der Waals surface area contributed by atoms with E-state index in [1.165, 1.54) is 28.0 Å². The van der Waals surface area contributed by atoms with Gasteiger partial charge >= 0.3 is 0 Å². The van der Waals surface area contributed by atoms with Crippen LogP contribution < -0.4 is 9.13 Å². The molecule has 0 saturated heterocycles. The maximum Gasteiger partial charge on any atom is 0.222 e. The molecule has 2 aromatic heterocycles. The summed E-state index contributed by atoms with van der Waals surface area (Å²) in [7, 11) is 1.74. The minimum atomic E-state index is 0.137. The van der Waals surface area contributed by atoms with Gasteiger partial charge in [-0.25, -0.2) is 0 Å². The summed E-state index contributed by atoms with van der Waals surface area (Å²) >= 11 is 0. The largest absolute Gasteiger partial charge is 0.443 e. The van der Waals surface area contributed by atoms with Gasteiger partial charge in [-0.15, -0.1) is 0 Å². The highest BCUT2D eigenvalue weighted by Gasteiger charge is 2.46. The van der Waals surface area contributed by atoms with E-state index in [9.17, 15) is 0 Å². The molecular weight excluding hydrogens is 442 g/mol. The first kappa shape index (κ1) is 23.9. The number of aryl methyl sites for hydroxylation is 1. The van der Waals surface area contributed by atoms with Crippen molar-refractivity contribution in [1.82, 2.24) is 0 Å². The Balaban J connectivity index is 1.76. The molecule has 2 atom stereocenters. The van der Waals surface area contributed by atoms with E-state index in [1.54, 1.807) is 7.05 Å². The molecule has 182 valence electrons. The lowest BCUT2D eigenvalue weighted by atomic mass is 9.79. The predicted molar refractivity (Wildman–Crippen MR) is 146 cm³/mol. The van der Waals surface area contributed by atoms with Crippen LogP contribution in [0.3, 0.4) is 0 Å². The number of benzene rings is 1. The van der Waals surface area contributed by atoms with Crippen LogP contribution in [0.5, 0.6) is 0 Å². The molecule has 2 unspecified atom stereocenters. The normalized spacial score (nSPS) is 21.2. The van der Waals surface area contributed by atoms with Crippen molar-refractivity contribution in [2.45, 2.75) is 52.0 Å². The lowest BCUT2D eigenvalue weighted by Gasteiger charge is -2.29. The molecule has 4 heterocycles. The van der Waals surface area contributed by atoms with E-state index in [0.717, 1.165) is 36.2 Å². The Labute approximate surface area is 214 Å². The van der Waals surface area contributed by atoms with Crippen LogP contribution in [0.15, 0.2) is 96.5 Å². The van der Waals surface area contributed by atoms with Crippen LogP contribution in [-0.4, -0.2) is 12.9 Å². The number of allylic oxidation sites excluding steroid dienone is 3. The van der Waals surface area contributed by atoms with E-state index in [0.29, 0.717) is 11.7 Å². The van der Waals surface area contributed by atoms with Crippen molar-refractivity contribution in [2.24, 2.45) is 4.99 Å². The Morgan fingerprint density at radius 2 is 1.86 bits per heavy atom. The van der Waals surface area contributed by atoms with Crippen LogP contribution in [0.1, 0.15) is 62.4 Å². The van der Waals surface area contributed by atoms with Crippen LogP contribution in [0.25, 0.3) is 22.5 Å². The highest BCUT2D eigenvalue weighted by atomic mass is 16.5. The molecule has 2 aliphatic rings. The summed E-state index contributed by atoms with van der Waals surface area (Å²) in [5.74, 6) is 1.37. The average molecular weight is 478 g/mol. The number of nitrogens with zero attached hydrogens (tertiary/aromatic N) is 3. The number of hydrogen-bond acceptors (Lipinski definition) is 2. The fraction of sp³-hybridized carbons (Fsp3) is 0.281. The highest BCUT2D eigenvalue weighted by Crippen LogP contribution is 2.45. The predicted octanol–water partition coefficient (Wildman–Crippen LogP) is 6.45. The lowest BCUT2D eigenvalue weighted by molar-refractivity contribution is -0.720. The van der Waals surface area contributed by atoms with E-state index in [-0.39, 0.29) is 12.0 Å². The number of hydrogen-bond donors (Lipinski definition) is 0. The molecule has 3 aromatic rings. The summed E-state index contributed by atoms with van der Waals surface area (Å²) < 4.78 is 10.8. The second kappa shape index (κ2) is 9.69. The van der Waals surface area contributed by atoms with Gasteiger partial charge < -0.3 is 4.74 Å². The molecule has 0 bridgehead atoms. The number of aromatic nitrogens is 2. The number of aliphatic imine (C=N–C) groups is 1. The van der Waals surface area contributed by atoms with E-state index in [4.69, 9.17) is 11.3 Å². The third-order valence-electron chi connectivity index (χ3n) is 7.66. The molecule has 4 heteroatoms. The third kappa shape index (κ3) is 4.01. The molecule has 0 fully saturated rings. The van der Waals surface area contributed by atoms with Crippen molar-refractivity contribution in [1.29, 1.82) is 0 Å². The van der Waals surface area contributed by atoms with Crippen LogP contribution in [0.2, 0.25) is 0 Å². The number of fused-ring (bicyclic) bond motifs is 7. The minimum Gasteiger partial charge on any atom is -0.443 e. The van der Waals surface area contributed by atoms with Crippen molar-refractivity contribution in [3.05, 3.63) is 108 Å². The molecule has 2 aliphatic heterocycles. The van der Waals surface area contributed by atoms with Gasteiger partial charge in [0, 0.05) is 44.7 Å². The molecule has 0 N–H and O–H groups in total. The van der Waals surface area contributed by atoms with Crippen LogP contribution in [0.4, 0.5) is 0 Å². The summed E-state index contributed by atoms with van der Waals surface area (Å²) in [5, 5.41) is 0. The minimum absolute atomic E-state index is 0.137. The fourth-order valence-corrected chi connectivity index (χ4v) is 5.77. The van der Waals surface area contributed by atoms with Crippen molar-refractivity contribution >= 4 is 17.2 Å². The Morgan fingerprint density at radius 3 is 2.64 bits per heavy atom. The molecule has 0 radical (unpaired) electrons. The van der Waals surface area contributed by atoms with Gasteiger partial charge in [0.25, 0.3) is 0 Å². The summed E-state index contributed by atoms with van der Waals surface area (Å²) in [5.41, 5.74) is 9.59. The van der Waals surface area contributed by atoms with Gasteiger partial charge in [0.2, 0.25) is 11.4 Å². The molecule has 1 aromatic carbocycles. The van der Waals surface area contributed by atoms with Gasteiger partial charge in [-0.1, -0.05) is 37.3 Å². The first-order valence-corrected chi connectivity index (χ1v) is 12.8. The molecular formula is C32H35N3O+2. The van der Waals surface area contributed by atoms with E-state index in [2.05, 4.69) is 102 Å². The first-order chi connectivity index (χ1) is 17.4. The standard InChI is InChI=1S/C32H35N3O/c1-7-25-17-19-34-22(3)32-27-13-9-8-12-26(27)28-14-10-11-18-35(28)29(32)16-15-21(2)31(30(34)20-25)23(4)36-24(5)33-6/h8-14,17-20,29,32H,3-4,7,15-16H2,1-2,5-6H3/q+2/b31-21-,33-24?. The molecule has 0 amide bonds. The van der Waals surface area contributed by atoms with Gasteiger partial charge in [0.05, 0.1) is 11.1 Å². The zero-order valence-corrected chi connectivity index (χ0v) is 21.8. The molecule has 0 aliphatic carbocycles. The smallest absolute Gasteiger partial charge is 0.222 e. The van der Waals surface area contributed by atoms with Gasteiger partial charge in [0.15, 0.2) is 30.0 Å².